The summed E-state index contributed by atoms with van der Waals surface area (Å²) in [6.07, 6.45) is 0.700. The van der Waals surface area contributed by atoms with E-state index in [4.69, 9.17) is 9.47 Å². The van der Waals surface area contributed by atoms with Crippen LogP contribution in [0, 0.1) is 5.92 Å². The first-order valence-electron chi connectivity index (χ1n) is 16.4. The summed E-state index contributed by atoms with van der Waals surface area (Å²) >= 11 is 1.79. The number of hydrogen-bond donors (Lipinski definition) is 2. The maximum Gasteiger partial charge on any atom is 0.271 e. The molecular weight excluding hydrogens is 631 g/mol. The number of thioether (sulfide) groups is 1. The van der Waals surface area contributed by atoms with Crippen LogP contribution in [0.25, 0.3) is 22.2 Å². The van der Waals surface area contributed by atoms with E-state index in [0.717, 1.165) is 44.7 Å². The van der Waals surface area contributed by atoms with Gasteiger partial charge in [-0.05, 0) is 64.2 Å². The Morgan fingerprint density at radius 2 is 1.51 bits per heavy atom. The Bertz CT molecular complexity index is 2040. The topological polar surface area (TPSA) is 93.6 Å². The Morgan fingerprint density at radius 3 is 2.31 bits per heavy atom. The minimum atomic E-state index is -0.564. The van der Waals surface area contributed by atoms with Gasteiger partial charge in [0.15, 0.2) is 6.29 Å². The highest BCUT2D eigenvalue weighted by molar-refractivity contribution is 7.99. The number of para-hydroxylation sites is 2. The number of hydrogen-bond acceptors (Lipinski definition) is 7. The number of benzene rings is 5. The lowest BCUT2D eigenvalue weighted by atomic mass is 9.91. The van der Waals surface area contributed by atoms with E-state index in [1.165, 1.54) is 11.1 Å². The molecule has 49 heavy (non-hydrogen) atoms. The standard InChI is InChI=1S/C41H37N3O4S/c1-27-38(26-49-34-13-3-2-4-14-34)47-41(48-39(27)30-19-17-28(25-45)18-20-30)33-12-8-11-32(22-33)31-10-7-9-29(21-31)23-43-40(46)37-24-42-35-15-5-6-16-36(35)44-37/h2-22,24,27,38-39,41,45H,23,25-26H2,1H3,(H,43,46). The minimum absolute atomic E-state index is 0.00291. The third-order valence-electron chi connectivity index (χ3n) is 8.83. The van der Waals surface area contributed by atoms with E-state index in [2.05, 4.69) is 70.7 Å². The van der Waals surface area contributed by atoms with Crippen molar-refractivity contribution in [3.05, 3.63) is 162 Å². The summed E-state index contributed by atoms with van der Waals surface area (Å²) in [6, 6.07) is 42.3. The van der Waals surface area contributed by atoms with Crippen LogP contribution in [-0.2, 0) is 22.6 Å². The van der Waals surface area contributed by atoms with E-state index >= 15 is 0 Å². The summed E-state index contributed by atoms with van der Waals surface area (Å²) in [5, 5.41) is 12.6. The molecule has 1 aliphatic rings. The van der Waals surface area contributed by atoms with Crippen molar-refractivity contribution < 1.29 is 19.4 Å². The zero-order valence-corrected chi connectivity index (χ0v) is 27.9. The monoisotopic (exact) mass is 667 g/mol. The number of aromatic nitrogens is 2. The molecule has 7 rings (SSSR count). The second-order valence-corrected chi connectivity index (χ2v) is 13.3. The van der Waals surface area contributed by atoms with Gasteiger partial charge in [0, 0.05) is 28.7 Å². The molecule has 246 valence electrons. The maximum absolute atomic E-state index is 12.9. The number of aliphatic hydroxyl groups is 1. The van der Waals surface area contributed by atoms with Gasteiger partial charge in [0.05, 0.1) is 36.0 Å². The van der Waals surface area contributed by atoms with Crippen molar-refractivity contribution in [3.63, 3.8) is 0 Å². The summed E-state index contributed by atoms with van der Waals surface area (Å²) < 4.78 is 13.4. The molecule has 6 aromatic rings. The number of amides is 1. The number of carbonyl (C=O) groups is 1. The van der Waals surface area contributed by atoms with Gasteiger partial charge in [0.1, 0.15) is 5.69 Å². The second kappa shape index (κ2) is 15.1. The van der Waals surface area contributed by atoms with E-state index in [-0.39, 0.29) is 36.3 Å². The summed E-state index contributed by atoms with van der Waals surface area (Å²) in [5.74, 6) is 0.615. The molecule has 1 aromatic heterocycles. The molecule has 4 atom stereocenters. The molecule has 0 radical (unpaired) electrons. The summed E-state index contributed by atoms with van der Waals surface area (Å²) in [7, 11) is 0. The molecule has 1 aliphatic heterocycles. The normalized spacial score (nSPS) is 19.1. The molecule has 1 amide bonds. The number of fused-ring (bicyclic) bond motifs is 1. The van der Waals surface area contributed by atoms with E-state index in [1.807, 2.05) is 78.9 Å². The Kier molecular flexibility index (Phi) is 10.1. The first-order valence-corrected chi connectivity index (χ1v) is 17.4. The molecule has 1 saturated heterocycles. The number of nitrogens with zero attached hydrogens (tertiary/aromatic N) is 2. The van der Waals surface area contributed by atoms with Crippen LogP contribution in [0.3, 0.4) is 0 Å². The number of ether oxygens (including phenoxy) is 2. The van der Waals surface area contributed by atoms with Gasteiger partial charge < -0.3 is 19.9 Å². The molecule has 5 aromatic carbocycles. The van der Waals surface area contributed by atoms with Gasteiger partial charge >= 0.3 is 0 Å². The van der Waals surface area contributed by atoms with Crippen LogP contribution in [0.1, 0.15) is 52.1 Å². The zero-order valence-electron chi connectivity index (χ0n) is 27.1. The SMILES string of the molecule is CC1C(CSc2ccccc2)OC(c2cccc(-c3cccc(CNC(=O)c4cnc5ccccc5n4)c3)c2)OC1c1ccc(CO)cc1. The van der Waals surface area contributed by atoms with Gasteiger partial charge in [-0.2, -0.15) is 0 Å². The highest BCUT2D eigenvalue weighted by Crippen LogP contribution is 2.43. The lowest BCUT2D eigenvalue weighted by Crippen LogP contribution is -2.38. The molecule has 2 heterocycles. The zero-order chi connectivity index (χ0) is 33.6. The lowest BCUT2D eigenvalue weighted by Gasteiger charge is -2.41. The predicted molar refractivity (Wildman–Crippen MR) is 193 cm³/mol. The third-order valence-corrected chi connectivity index (χ3v) is 9.93. The number of aliphatic hydroxyl groups excluding tert-OH is 1. The quantitative estimate of drug-likeness (QED) is 0.142. The Morgan fingerprint density at radius 1 is 0.776 bits per heavy atom. The Balaban J connectivity index is 1.09. The van der Waals surface area contributed by atoms with E-state index in [1.54, 1.807) is 11.8 Å². The average molecular weight is 668 g/mol. The molecule has 8 heteroatoms. The molecule has 0 spiro atoms. The molecule has 0 aliphatic carbocycles. The van der Waals surface area contributed by atoms with Crippen molar-refractivity contribution in [3.8, 4) is 11.1 Å². The van der Waals surface area contributed by atoms with Crippen LogP contribution in [0.5, 0.6) is 0 Å². The largest absolute Gasteiger partial charge is 0.392 e. The van der Waals surface area contributed by atoms with Crippen LogP contribution in [-0.4, -0.2) is 32.8 Å². The van der Waals surface area contributed by atoms with Crippen LogP contribution in [0.4, 0.5) is 0 Å². The average Bonchev–Trinajstić information content (AvgIpc) is 3.17. The minimum Gasteiger partial charge on any atom is -0.392 e. The molecular formula is C41H37N3O4S. The fourth-order valence-corrected chi connectivity index (χ4v) is 7.16. The van der Waals surface area contributed by atoms with E-state index in [0.29, 0.717) is 12.1 Å². The summed E-state index contributed by atoms with van der Waals surface area (Å²) in [5.41, 5.74) is 7.60. The molecule has 7 nitrogen and oxygen atoms in total. The van der Waals surface area contributed by atoms with Crippen molar-refractivity contribution >= 4 is 28.7 Å². The molecule has 4 unspecified atom stereocenters. The number of rotatable bonds is 10. The lowest BCUT2D eigenvalue weighted by molar-refractivity contribution is -0.268. The Hall–Kier alpha value is -4.86. The van der Waals surface area contributed by atoms with Crippen molar-refractivity contribution in [1.29, 1.82) is 0 Å². The fourth-order valence-electron chi connectivity index (χ4n) is 6.07. The first-order chi connectivity index (χ1) is 24.0. The van der Waals surface area contributed by atoms with Crippen molar-refractivity contribution in [2.45, 2.75) is 43.5 Å². The maximum atomic E-state index is 12.9. The highest BCUT2D eigenvalue weighted by atomic mass is 32.2. The van der Waals surface area contributed by atoms with Crippen LogP contribution >= 0.6 is 11.8 Å². The first kappa shape index (κ1) is 32.7. The van der Waals surface area contributed by atoms with Gasteiger partial charge in [0.2, 0.25) is 0 Å². The second-order valence-electron chi connectivity index (χ2n) is 12.2. The van der Waals surface area contributed by atoms with Crippen LogP contribution in [0.2, 0.25) is 0 Å². The van der Waals surface area contributed by atoms with Crippen LogP contribution < -0.4 is 5.32 Å². The highest BCUT2D eigenvalue weighted by Gasteiger charge is 2.38. The molecule has 0 bridgehead atoms. The predicted octanol–water partition coefficient (Wildman–Crippen LogP) is 8.30. The van der Waals surface area contributed by atoms with Gasteiger partial charge in [-0.3, -0.25) is 9.78 Å². The van der Waals surface area contributed by atoms with Gasteiger partial charge in [0.25, 0.3) is 5.91 Å². The van der Waals surface area contributed by atoms with E-state index in [9.17, 15) is 9.90 Å². The van der Waals surface area contributed by atoms with Gasteiger partial charge in [-0.15, -0.1) is 11.8 Å². The third kappa shape index (κ3) is 7.74. The summed E-state index contributed by atoms with van der Waals surface area (Å²) in [6.45, 7) is 2.54. The van der Waals surface area contributed by atoms with Crippen LogP contribution in [0.15, 0.2) is 138 Å². The van der Waals surface area contributed by atoms with E-state index < -0.39 is 6.29 Å². The Labute approximate surface area is 290 Å². The fraction of sp³-hybridized carbons (Fsp3) is 0.195. The molecule has 1 fully saturated rings. The van der Waals surface area contributed by atoms with Crippen molar-refractivity contribution in [2.75, 3.05) is 5.75 Å². The summed E-state index contributed by atoms with van der Waals surface area (Å²) in [4.78, 5) is 23.0. The number of carbonyl (C=O) groups excluding carboxylic acids is 1. The molecule has 0 saturated carbocycles. The molecule has 2 N–H and O–H groups in total. The smallest absolute Gasteiger partial charge is 0.271 e. The number of nitrogens with one attached hydrogen (secondary N) is 1. The van der Waals surface area contributed by atoms with Crippen molar-refractivity contribution in [1.82, 2.24) is 15.3 Å². The van der Waals surface area contributed by atoms with Gasteiger partial charge in [-0.1, -0.05) is 97.9 Å². The van der Waals surface area contributed by atoms with Crippen molar-refractivity contribution in [2.24, 2.45) is 5.92 Å². The van der Waals surface area contributed by atoms with Gasteiger partial charge in [-0.25, -0.2) is 4.98 Å².